The number of carbonyl (C=O) groups excluding carboxylic acids is 1. The molecule has 7 heteroatoms. The van der Waals surface area contributed by atoms with Crippen molar-refractivity contribution in [3.8, 4) is 5.75 Å². The minimum atomic E-state index is -0.197. The Hall–Kier alpha value is -1.01. The molecule has 0 aromatic heterocycles. The SMILES string of the molecule is COCCOc1ccc(Cl)cc1C(=O)NCCCCN.Cl. The zero-order valence-corrected chi connectivity index (χ0v) is 13.6. The summed E-state index contributed by atoms with van der Waals surface area (Å²) in [6, 6.07) is 4.98. The van der Waals surface area contributed by atoms with Crippen LogP contribution in [0.4, 0.5) is 0 Å². The van der Waals surface area contributed by atoms with Crippen LogP contribution in [-0.2, 0) is 4.74 Å². The van der Waals surface area contributed by atoms with Gasteiger partial charge in [-0.25, -0.2) is 0 Å². The molecule has 0 spiro atoms. The summed E-state index contributed by atoms with van der Waals surface area (Å²) in [5, 5.41) is 3.32. The third kappa shape index (κ3) is 7.52. The van der Waals surface area contributed by atoms with Crippen LogP contribution in [-0.4, -0.2) is 39.3 Å². The van der Waals surface area contributed by atoms with E-state index in [0.29, 0.717) is 42.6 Å². The molecule has 3 N–H and O–H groups in total. The van der Waals surface area contributed by atoms with Crippen LogP contribution in [0, 0.1) is 0 Å². The maximum absolute atomic E-state index is 12.1. The zero-order chi connectivity index (χ0) is 14.8. The Bertz CT molecular complexity index is 431. The van der Waals surface area contributed by atoms with E-state index in [9.17, 15) is 4.79 Å². The molecule has 0 saturated heterocycles. The van der Waals surface area contributed by atoms with Crippen molar-refractivity contribution in [2.75, 3.05) is 33.4 Å². The van der Waals surface area contributed by atoms with E-state index in [4.69, 9.17) is 26.8 Å². The van der Waals surface area contributed by atoms with Crippen molar-refractivity contribution in [2.24, 2.45) is 5.73 Å². The van der Waals surface area contributed by atoms with Gasteiger partial charge in [0.1, 0.15) is 12.4 Å². The number of amides is 1. The number of hydrogen-bond acceptors (Lipinski definition) is 4. The van der Waals surface area contributed by atoms with Gasteiger partial charge in [-0.15, -0.1) is 12.4 Å². The van der Waals surface area contributed by atoms with Gasteiger partial charge in [0.05, 0.1) is 12.2 Å². The number of nitrogens with one attached hydrogen (secondary N) is 1. The van der Waals surface area contributed by atoms with Crippen LogP contribution in [0.1, 0.15) is 23.2 Å². The topological polar surface area (TPSA) is 73.6 Å². The fraction of sp³-hybridized carbons (Fsp3) is 0.500. The molecule has 0 heterocycles. The predicted molar refractivity (Wildman–Crippen MR) is 86.7 cm³/mol. The van der Waals surface area contributed by atoms with Gasteiger partial charge in [-0.3, -0.25) is 4.79 Å². The van der Waals surface area contributed by atoms with Crippen LogP contribution >= 0.6 is 24.0 Å². The largest absolute Gasteiger partial charge is 0.490 e. The number of ether oxygens (including phenoxy) is 2. The van der Waals surface area contributed by atoms with Crippen molar-refractivity contribution < 1.29 is 14.3 Å². The zero-order valence-electron chi connectivity index (χ0n) is 12.1. The normalized spacial score (nSPS) is 9.86. The molecule has 1 amide bonds. The predicted octanol–water partition coefficient (Wildman–Crippen LogP) is 2.26. The molecular weight excluding hydrogens is 315 g/mol. The maximum Gasteiger partial charge on any atom is 0.255 e. The summed E-state index contributed by atoms with van der Waals surface area (Å²) in [5.41, 5.74) is 5.84. The summed E-state index contributed by atoms with van der Waals surface area (Å²) in [4.78, 5) is 12.1. The smallest absolute Gasteiger partial charge is 0.255 e. The van der Waals surface area contributed by atoms with Crippen molar-refractivity contribution in [1.29, 1.82) is 0 Å². The fourth-order valence-electron chi connectivity index (χ4n) is 1.61. The van der Waals surface area contributed by atoms with Gasteiger partial charge in [0.25, 0.3) is 5.91 Å². The number of carbonyl (C=O) groups is 1. The van der Waals surface area contributed by atoms with Gasteiger partial charge in [0, 0.05) is 18.7 Å². The van der Waals surface area contributed by atoms with Crippen molar-refractivity contribution in [2.45, 2.75) is 12.8 Å². The Morgan fingerprint density at radius 1 is 1.33 bits per heavy atom. The fourth-order valence-corrected chi connectivity index (χ4v) is 1.78. The molecule has 0 fully saturated rings. The van der Waals surface area contributed by atoms with E-state index >= 15 is 0 Å². The summed E-state index contributed by atoms with van der Waals surface area (Å²) in [5.74, 6) is 0.305. The van der Waals surface area contributed by atoms with Crippen LogP contribution < -0.4 is 15.8 Å². The molecule has 1 aromatic rings. The molecule has 0 unspecified atom stereocenters. The minimum absolute atomic E-state index is 0. The molecule has 0 atom stereocenters. The number of rotatable bonds is 9. The van der Waals surface area contributed by atoms with E-state index in [1.165, 1.54) is 0 Å². The highest BCUT2D eigenvalue weighted by molar-refractivity contribution is 6.31. The van der Waals surface area contributed by atoms with E-state index in [0.717, 1.165) is 12.8 Å². The lowest BCUT2D eigenvalue weighted by Gasteiger charge is -2.12. The number of unbranched alkanes of at least 4 members (excludes halogenated alkanes) is 1. The number of hydrogen-bond donors (Lipinski definition) is 2. The van der Waals surface area contributed by atoms with E-state index < -0.39 is 0 Å². The van der Waals surface area contributed by atoms with E-state index in [1.54, 1.807) is 25.3 Å². The number of nitrogens with two attached hydrogens (primary N) is 1. The molecule has 0 aliphatic carbocycles. The first-order valence-corrected chi connectivity index (χ1v) is 6.96. The van der Waals surface area contributed by atoms with Gasteiger partial charge < -0.3 is 20.5 Å². The first kappa shape index (κ1) is 20.0. The molecule has 0 aliphatic rings. The quantitative estimate of drug-likeness (QED) is 0.678. The third-order valence-corrected chi connectivity index (χ3v) is 2.88. The van der Waals surface area contributed by atoms with Gasteiger partial charge >= 0.3 is 0 Å². The standard InChI is InChI=1S/C14H21ClN2O3.ClH/c1-19-8-9-20-13-5-4-11(15)10-12(13)14(18)17-7-3-2-6-16;/h4-5,10H,2-3,6-9,16H2,1H3,(H,17,18);1H. The second-order valence-corrected chi connectivity index (χ2v) is 4.67. The molecule has 5 nitrogen and oxygen atoms in total. The average Bonchev–Trinajstić information content (AvgIpc) is 2.45. The first-order chi connectivity index (χ1) is 9.69. The molecule has 1 aromatic carbocycles. The lowest BCUT2D eigenvalue weighted by atomic mass is 10.2. The molecule has 120 valence electrons. The first-order valence-electron chi connectivity index (χ1n) is 6.58. The van der Waals surface area contributed by atoms with Gasteiger partial charge in [0.2, 0.25) is 0 Å². The average molecular weight is 337 g/mol. The van der Waals surface area contributed by atoms with Crippen molar-refractivity contribution >= 4 is 29.9 Å². The highest BCUT2D eigenvalue weighted by Crippen LogP contribution is 2.22. The van der Waals surface area contributed by atoms with Gasteiger partial charge in [-0.1, -0.05) is 11.6 Å². The van der Waals surface area contributed by atoms with E-state index in [2.05, 4.69) is 5.32 Å². The lowest BCUT2D eigenvalue weighted by molar-refractivity contribution is 0.0945. The van der Waals surface area contributed by atoms with Crippen molar-refractivity contribution in [3.63, 3.8) is 0 Å². The number of benzene rings is 1. The van der Waals surface area contributed by atoms with Crippen LogP contribution in [0.25, 0.3) is 0 Å². The van der Waals surface area contributed by atoms with Crippen molar-refractivity contribution in [3.05, 3.63) is 28.8 Å². The maximum atomic E-state index is 12.1. The molecule has 1 rings (SSSR count). The second kappa shape index (κ2) is 11.6. The Morgan fingerprint density at radius 3 is 2.76 bits per heavy atom. The highest BCUT2D eigenvalue weighted by atomic mass is 35.5. The summed E-state index contributed by atoms with van der Waals surface area (Å²) in [6.45, 7) is 2.05. The highest BCUT2D eigenvalue weighted by Gasteiger charge is 2.13. The molecule has 0 aliphatic heterocycles. The van der Waals surface area contributed by atoms with Crippen LogP contribution in [0.5, 0.6) is 5.75 Å². The van der Waals surface area contributed by atoms with Gasteiger partial charge in [-0.05, 0) is 37.6 Å². The summed E-state index contributed by atoms with van der Waals surface area (Å²) >= 11 is 5.93. The molecule has 0 saturated carbocycles. The molecule has 21 heavy (non-hydrogen) atoms. The second-order valence-electron chi connectivity index (χ2n) is 4.23. The van der Waals surface area contributed by atoms with Crippen LogP contribution in [0.15, 0.2) is 18.2 Å². The number of halogens is 2. The van der Waals surface area contributed by atoms with Crippen LogP contribution in [0.2, 0.25) is 5.02 Å². The van der Waals surface area contributed by atoms with E-state index in [-0.39, 0.29) is 18.3 Å². The lowest BCUT2D eigenvalue weighted by Crippen LogP contribution is -2.25. The summed E-state index contributed by atoms with van der Waals surface area (Å²) in [7, 11) is 1.59. The van der Waals surface area contributed by atoms with Crippen molar-refractivity contribution in [1.82, 2.24) is 5.32 Å². The van der Waals surface area contributed by atoms with Crippen LogP contribution in [0.3, 0.4) is 0 Å². The summed E-state index contributed by atoms with van der Waals surface area (Å²) in [6.07, 6.45) is 1.73. The minimum Gasteiger partial charge on any atom is -0.490 e. The Balaban J connectivity index is 0.00000400. The number of methoxy groups -OCH3 is 1. The molecule has 0 radical (unpaired) electrons. The molecular formula is C14H22Cl2N2O3. The third-order valence-electron chi connectivity index (χ3n) is 2.65. The van der Waals surface area contributed by atoms with Gasteiger partial charge in [0.15, 0.2) is 0 Å². The molecule has 0 bridgehead atoms. The Morgan fingerprint density at radius 2 is 2.10 bits per heavy atom. The van der Waals surface area contributed by atoms with Gasteiger partial charge in [-0.2, -0.15) is 0 Å². The monoisotopic (exact) mass is 336 g/mol. The Kier molecular flexibility index (Phi) is 11.1. The van der Waals surface area contributed by atoms with E-state index in [1.807, 2.05) is 0 Å². The Labute approximate surface area is 136 Å². The summed E-state index contributed by atoms with van der Waals surface area (Å²) < 4.78 is 10.4.